The Morgan fingerprint density at radius 3 is 2.72 bits per heavy atom. The lowest BCUT2D eigenvalue weighted by molar-refractivity contribution is 0.356. The molecular formula is C23H20N4O4S. The molecule has 2 aromatic carbocycles. The van der Waals surface area contributed by atoms with Crippen LogP contribution in [0.1, 0.15) is 11.1 Å². The van der Waals surface area contributed by atoms with E-state index >= 15 is 0 Å². The van der Waals surface area contributed by atoms with Crippen LogP contribution in [0.5, 0.6) is 11.6 Å². The van der Waals surface area contributed by atoms with Gasteiger partial charge in [0.25, 0.3) is 5.56 Å². The SMILES string of the molecule is COc1ccc(Cn2ncc3cc([S@](=N)(=O)c4ccc5c(c4)CCO5)ccc3c2=O)cn1. The van der Waals surface area contributed by atoms with Crippen LogP contribution in [0.2, 0.25) is 0 Å². The number of rotatable bonds is 5. The maximum Gasteiger partial charge on any atom is 0.274 e. The Balaban J connectivity index is 1.49. The summed E-state index contributed by atoms with van der Waals surface area (Å²) in [6.45, 7) is 0.860. The fourth-order valence-electron chi connectivity index (χ4n) is 3.73. The van der Waals surface area contributed by atoms with Crippen molar-refractivity contribution in [1.82, 2.24) is 14.8 Å². The van der Waals surface area contributed by atoms with Gasteiger partial charge in [-0.1, -0.05) is 6.07 Å². The van der Waals surface area contributed by atoms with Crippen molar-refractivity contribution >= 4 is 20.5 Å². The molecule has 5 rings (SSSR count). The topological polar surface area (TPSA) is 107 Å². The molecule has 32 heavy (non-hydrogen) atoms. The Morgan fingerprint density at radius 2 is 1.94 bits per heavy atom. The quantitative estimate of drug-likeness (QED) is 0.502. The Kier molecular flexibility index (Phi) is 4.90. The summed E-state index contributed by atoms with van der Waals surface area (Å²) in [5, 5.41) is 5.25. The molecule has 4 aromatic rings. The molecule has 2 aromatic heterocycles. The van der Waals surface area contributed by atoms with Crippen LogP contribution in [-0.2, 0) is 22.7 Å². The normalized spacial score (nSPS) is 14.5. The first kappa shape index (κ1) is 20.2. The molecule has 1 aliphatic heterocycles. The summed E-state index contributed by atoms with van der Waals surface area (Å²) in [7, 11) is -1.70. The van der Waals surface area contributed by atoms with Gasteiger partial charge in [0.15, 0.2) is 0 Å². The largest absolute Gasteiger partial charge is 0.493 e. The second-order valence-electron chi connectivity index (χ2n) is 7.49. The van der Waals surface area contributed by atoms with Gasteiger partial charge in [-0.05, 0) is 47.5 Å². The van der Waals surface area contributed by atoms with Crippen molar-refractivity contribution in [3.05, 3.63) is 82.4 Å². The molecule has 1 N–H and O–H groups in total. The zero-order valence-corrected chi connectivity index (χ0v) is 18.1. The number of hydrogen-bond donors (Lipinski definition) is 1. The fourth-order valence-corrected chi connectivity index (χ4v) is 5.13. The van der Waals surface area contributed by atoms with Crippen molar-refractivity contribution in [2.24, 2.45) is 0 Å². The molecule has 0 bridgehead atoms. The van der Waals surface area contributed by atoms with Gasteiger partial charge in [0.05, 0.1) is 41.6 Å². The van der Waals surface area contributed by atoms with Crippen LogP contribution in [0.4, 0.5) is 0 Å². The molecule has 0 unspecified atom stereocenters. The molecule has 0 saturated heterocycles. The minimum atomic E-state index is -3.24. The van der Waals surface area contributed by atoms with E-state index in [1.165, 1.54) is 4.68 Å². The number of nitrogens with zero attached hydrogens (tertiary/aromatic N) is 3. The van der Waals surface area contributed by atoms with Gasteiger partial charge in [-0.15, -0.1) is 0 Å². The Bertz CT molecular complexity index is 1500. The lowest BCUT2D eigenvalue weighted by Crippen LogP contribution is -2.23. The highest BCUT2D eigenvalue weighted by Crippen LogP contribution is 2.31. The smallest absolute Gasteiger partial charge is 0.274 e. The van der Waals surface area contributed by atoms with Gasteiger partial charge in [-0.25, -0.2) is 18.7 Å². The standard InChI is InChI=1S/C23H20N4O4S/c1-30-22-7-2-15(12-25-22)14-27-23(28)20-5-3-18(11-17(20)13-26-27)32(24,29)19-4-6-21-16(10-19)8-9-31-21/h2-7,10-13,24H,8-9,14H2,1H3/t32-/m0/s1. The maximum atomic E-state index is 13.4. The van der Waals surface area contributed by atoms with Gasteiger partial charge in [0.2, 0.25) is 5.88 Å². The monoisotopic (exact) mass is 448 g/mol. The van der Waals surface area contributed by atoms with Crippen molar-refractivity contribution in [3.8, 4) is 11.6 Å². The van der Waals surface area contributed by atoms with E-state index in [0.717, 1.165) is 23.3 Å². The summed E-state index contributed by atoms with van der Waals surface area (Å²) in [6.07, 6.45) is 3.93. The third-order valence-corrected chi connectivity index (χ3v) is 7.32. The predicted molar refractivity (Wildman–Crippen MR) is 119 cm³/mol. The van der Waals surface area contributed by atoms with Gasteiger partial charge < -0.3 is 9.47 Å². The molecule has 0 spiro atoms. The van der Waals surface area contributed by atoms with Crippen LogP contribution in [0, 0.1) is 4.78 Å². The first-order chi connectivity index (χ1) is 15.5. The van der Waals surface area contributed by atoms with Crippen LogP contribution in [0.3, 0.4) is 0 Å². The highest BCUT2D eigenvalue weighted by atomic mass is 32.2. The number of methoxy groups -OCH3 is 1. The minimum Gasteiger partial charge on any atom is -0.493 e. The number of ether oxygens (including phenoxy) is 2. The second kappa shape index (κ2) is 7.76. The van der Waals surface area contributed by atoms with E-state index < -0.39 is 9.73 Å². The summed E-state index contributed by atoms with van der Waals surface area (Å²) in [5.41, 5.74) is 1.50. The van der Waals surface area contributed by atoms with Gasteiger partial charge in [-0.3, -0.25) is 4.79 Å². The Labute approximate surface area is 184 Å². The van der Waals surface area contributed by atoms with Crippen LogP contribution in [0.25, 0.3) is 10.8 Å². The van der Waals surface area contributed by atoms with Crippen molar-refractivity contribution < 1.29 is 13.7 Å². The Hall–Kier alpha value is -3.72. The molecule has 0 saturated carbocycles. The summed E-state index contributed by atoms with van der Waals surface area (Å²) < 4.78 is 33.9. The highest BCUT2D eigenvalue weighted by molar-refractivity contribution is 7.92. The molecule has 162 valence electrons. The first-order valence-electron chi connectivity index (χ1n) is 9.99. The van der Waals surface area contributed by atoms with E-state index in [2.05, 4.69) is 10.1 Å². The molecule has 0 radical (unpaired) electrons. The van der Waals surface area contributed by atoms with E-state index in [-0.39, 0.29) is 12.1 Å². The number of fused-ring (bicyclic) bond motifs is 2. The molecule has 9 heteroatoms. The van der Waals surface area contributed by atoms with Crippen LogP contribution in [0.15, 0.2) is 75.5 Å². The minimum absolute atomic E-state index is 0.264. The number of benzene rings is 2. The van der Waals surface area contributed by atoms with Gasteiger partial charge in [-0.2, -0.15) is 5.10 Å². The summed E-state index contributed by atoms with van der Waals surface area (Å²) in [4.78, 5) is 17.8. The van der Waals surface area contributed by atoms with Crippen LogP contribution >= 0.6 is 0 Å². The van der Waals surface area contributed by atoms with E-state index in [1.807, 2.05) is 6.07 Å². The summed E-state index contributed by atoms with van der Waals surface area (Å²) in [6, 6.07) is 13.6. The first-order valence-corrected chi connectivity index (χ1v) is 11.5. The molecule has 0 amide bonds. The van der Waals surface area contributed by atoms with Crippen LogP contribution < -0.4 is 15.0 Å². The van der Waals surface area contributed by atoms with E-state index in [1.54, 1.807) is 62.0 Å². The number of aromatic nitrogens is 3. The van der Waals surface area contributed by atoms with Crippen molar-refractivity contribution in [2.45, 2.75) is 22.8 Å². The lowest BCUT2D eigenvalue weighted by Gasteiger charge is -2.11. The zero-order chi connectivity index (χ0) is 22.3. The highest BCUT2D eigenvalue weighted by Gasteiger charge is 2.19. The molecular weight excluding hydrogens is 428 g/mol. The third kappa shape index (κ3) is 3.50. The van der Waals surface area contributed by atoms with E-state index in [4.69, 9.17) is 14.3 Å². The molecule has 3 heterocycles. The molecule has 1 aliphatic rings. The van der Waals surface area contributed by atoms with Gasteiger partial charge in [0.1, 0.15) is 15.5 Å². The molecule has 1 atom stereocenters. The molecule has 0 fully saturated rings. The number of hydrogen-bond acceptors (Lipinski definition) is 7. The average molecular weight is 449 g/mol. The molecule has 8 nitrogen and oxygen atoms in total. The summed E-state index contributed by atoms with van der Waals surface area (Å²) >= 11 is 0. The van der Waals surface area contributed by atoms with Gasteiger partial charge in [0, 0.05) is 24.1 Å². The maximum absolute atomic E-state index is 13.4. The third-order valence-electron chi connectivity index (χ3n) is 5.49. The fraction of sp³-hybridized carbons (Fsp3) is 0.174. The van der Waals surface area contributed by atoms with Gasteiger partial charge >= 0.3 is 0 Å². The van der Waals surface area contributed by atoms with E-state index in [0.29, 0.717) is 33.1 Å². The Morgan fingerprint density at radius 1 is 1.12 bits per heavy atom. The van der Waals surface area contributed by atoms with Crippen molar-refractivity contribution in [3.63, 3.8) is 0 Å². The average Bonchev–Trinajstić information content (AvgIpc) is 3.29. The second-order valence-corrected chi connectivity index (χ2v) is 9.54. The zero-order valence-electron chi connectivity index (χ0n) is 17.3. The lowest BCUT2D eigenvalue weighted by atomic mass is 10.2. The van der Waals surface area contributed by atoms with Crippen molar-refractivity contribution in [1.29, 1.82) is 4.78 Å². The predicted octanol–water partition coefficient (Wildman–Crippen LogP) is 3.25. The van der Waals surface area contributed by atoms with Crippen LogP contribution in [-0.4, -0.2) is 32.7 Å². The number of nitrogens with one attached hydrogen (secondary N) is 1. The number of pyridine rings is 1. The molecule has 0 aliphatic carbocycles. The summed E-state index contributed by atoms with van der Waals surface area (Å²) in [5.74, 6) is 1.27. The van der Waals surface area contributed by atoms with E-state index in [9.17, 15) is 9.00 Å². The van der Waals surface area contributed by atoms with Crippen molar-refractivity contribution in [2.75, 3.05) is 13.7 Å².